The topological polar surface area (TPSA) is 78.3 Å². The van der Waals surface area contributed by atoms with Gasteiger partial charge in [0.05, 0.1) is 16.8 Å². The summed E-state index contributed by atoms with van der Waals surface area (Å²) < 4.78 is 31.2. The molecule has 0 amide bonds. The van der Waals surface area contributed by atoms with Gasteiger partial charge in [-0.2, -0.15) is 9.78 Å². The van der Waals surface area contributed by atoms with Crippen LogP contribution in [0.25, 0.3) is 16.8 Å². The Hall–Kier alpha value is -2.64. The molecule has 170 valence electrons. The van der Waals surface area contributed by atoms with Gasteiger partial charge in [-0.05, 0) is 48.2 Å². The average Bonchev–Trinajstić information content (AvgIpc) is 2.74. The van der Waals surface area contributed by atoms with E-state index in [0.29, 0.717) is 21.8 Å². The number of benzene rings is 2. The second kappa shape index (κ2) is 9.88. The average molecular weight is 475 g/mol. The molecule has 0 bridgehead atoms. The van der Waals surface area contributed by atoms with Gasteiger partial charge in [0.2, 0.25) is 0 Å². The molecule has 1 aromatic heterocycles. The van der Waals surface area contributed by atoms with E-state index >= 15 is 0 Å². The Labute approximate surface area is 193 Å². The van der Waals surface area contributed by atoms with Gasteiger partial charge in [0.1, 0.15) is 6.10 Å². The minimum atomic E-state index is -3.33. The Morgan fingerprint density at radius 2 is 1.81 bits per heavy atom. The number of sulfone groups is 1. The molecule has 0 saturated carbocycles. The Morgan fingerprint density at radius 3 is 2.38 bits per heavy atom. The quantitative estimate of drug-likeness (QED) is 0.450. The van der Waals surface area contributed by atoms with Crippen molar-refractivity contribution in [2.24, 2.45) is 5.92 Å². The fourth-order valence-electron chi connectivity index (χ4n) is 3.40. The van der Waals surface area contributed by atoms with Crippen LogP contribution in [0.2, 0.25) is 5.02 Å². The van der Waals surface area contributed by atoms with E-state index in [-0.39, 0.29) is 22.7 Å². The van der Waals surface area contributed by atoms with Crippen LogP contribution in [0.1, 0.15) is 33.6 Å². The van der Waals surface area contributed by atoms with Crippen molar-refractivity contribution in [2.75, 3.05) is 6.26 Å². The van der Waals surface area contributed by atoms with Crippen molar-refractivity contribution in [3.8, 4) is 22.6 Å². The highest BCUT2D eigenvalue weighted by Gasteiger charge is 2.22. The monoisotopic (exact) mass is 474 g/mol. The molecule has 6 nitrogen and oxygen atoms in total. The van der Waals surface area contributed by atoms with Gasteiger partial charge in [-0.15, -0.1) is 0 Å². The summed E-state index contributed by atoms with van der Waals surface area (Å²) in [6.45, 7) is 6.18. The minimum Gasteiger partial charge on any atom is -0.484 e. The molecule has 32 heavy (non-hydrogen) atoms. The van der Waals surface area contributed by atoms with E-state index in [1.807, 2.05) is 0 Å². The van der Waals surface area contributed by atoms with Crippen LogP contribution in [0.5, 0.6) is 5.75 Å². The van der Waals surface area contributed by atoms with Crippen molar-refractivity contribution >= 4 is 21.4 Å². The standard InChI is InChI=1S/C24H27ClN2O4S/c1-5-7-22(16(2)3)31-23-21(17-10-12-20(13-11-17)32(4,29)30)15-26-27(24(23)28)19-9-6-8-18(25)14-19/h6,8-16,22H,5,7H2,1-4H3. The molecule has 3 aromatic rings. The minimum absolute atomic E-state index is 0.156. The van der Waals surface area contributed by atoms with Crippen molar-refractivity contribution in [1.82, 2.24) is 9.78 Å². The first-order valence-electron chi connectivity index (χ1n) is 10.5. The number of nitrogens with zero attached hydrogens (tertiary/aromatic N) is 2. The predicted octanol–water partition coefficient (Wildman–Crippen LogP) is 5.16. The van der Waals surface area contributed by atoms with E-state index in [4.69, 9.17) is 16.3 Å². The molecule has 0 N–H and O–H groups in total. The maximum Gasteiger partial charge on any atom is 0.314 e. The molecular formula is C24H27ClN2O4S. The van der Waals surface area contributed by atoms with Crippen molar-refractivity contribution in [1.29, 1.82) is 0 Å². The highest BCUT2D eigenvalue weighted by molar-refractivity contribution is 7.90. The number of halogens is 1. The molecule has 1 atom stereocenters. The van der Waals surface area contributed by atoms with E-state index in [0.717, 1.165) is 19.1 Å². The lowest BCUT2D eigenvalue weighted by atomic mass is 10.0. The number of hydrogen-bond acceptors (Lipinski definition) is 5. The molecule has 1 unspecified atom stereocenters. The van der Waals surface area contributed by atoms with Crippen LogP contribution in [0, 0.1) is 5.92 Å². The van der Waals surface area contributed by atoms with Crippen LogP contribution >= 0.6 is 11.6 Å². The summed E-state index contributed by atoms with van der Waals surface area (Å²) >= 11 is 6.11. The third-order valence-electron chi connectivity index (χ3n) is 5.17. The second-order valence-corrected chi connectivity index (χ2v) is 10.5. The molecule has 2 aromatic carbocycles. The first kappa shape index (κ1) is 24.0. The number of hydrogen-bond donors (Lipinski definition) is 0. The van der Waals surface area contributed by atoms with Gasteiger partial charge in [0, 0.05) is 16.8 Å². The largest absolute Gasteiger partial charge is 0.484 e. The Balaban J connectivity index is 2.18. The van der Waals surface area contributed by atoms with Crippen LogP contribution in [-0.2, 0) is 9.84 Å². The molecule has 0 spiro atoms. The van der Waals surface area contributed by atoms with E-state index in [1.165, 1.54) is 16.8 Å². The van der Waals surface area contributed by atoms with Crippen LogP contribution in [0.3, 0.4) is 0 Å². The van der Waals surface area contributed by atoms with Crippen molar-refractivity contribution in [2.45, 2.75) is 44.6 Å². The van der Waals surface area contributed by atoms with Gasteiger partial charge in [-0.25, -0.2) is 8.42 Å². The predicted molar refractivity (Wildman–Crippen MR) is 128 cm³/mol. The molecule has 0 radical (unpaired) electrons. The summed E-state index contributed by atoms with van der Waals surface area (Å²) in [6.07, 6.45) is 4.27. The van der Waals surface area contributed by atoms with E-state index in [1.54, 1.807) is 42.6 Å². The zero-order chi connectivity index (χ0) is 23.5. The highest BCUT2D eigenvalue weighted by atomic mass is 35.5. The Kier molecular flexibility index (Phi) is 7.41. The second-order valence-electron chi connectivity index (χ2n) is 8.07. The number of aromatic nitrogens is 2. The maximum absolute atomic E-state index is 13.5. The lowest BCUT2D eigenvalue weighted by Crippen LogP contribution is -2.30. The molecule has 0 aliphatic carbocycles. The van der Waals surface area contributed by atoms with Crippen molar-refractivity contribution < 1.29 is 13.2 Å². The highest BCUT2D eigenvalue weighted by Crippen LogP contribution is 2.30. The molecule has 0 fully saturated rings. The summed E-state index contributed by atoms with van der Waals surface area (Å²) in [5.41, 5.74) is 1.28. The van der Waals surface area contributed by atoms with Gasteiger partial charge >= 0.3 is 5.56 Å². The summed E-state index contributed by atoms with van der Waals surface area (Å²) in [7, 11) is -3.33. The number of rotatable bonds is 8. The van der Waals surface area contributed by atoms with Crippen LogP contribution < -0.4 is 10.3 Å². The van der Waals surface area contributed by atoms with Gasteiger partial charge in [-0.1, -0.05) is 57.0 Å². The van der Waals surface area contributed by atoms with Gasteiger partial charge in [-0.3, -0.25) is 4.79 Å². The zero-order valence-corrected chi connectivity index (χ0v) is 20.2. The van der Waals surface area contributed by atoms with E-state index in [9.17, 15) is 13.2 Å². The van der Waals surface area contributed by atoms with Crippen molar-refractivity contribution in [3.05, 3.63) is 70.1 Å². The molecule has 8 heteroatoms. The Morgan fingerprint density at radius 1 is 1.12 bits per heavy atom. The molecule has 0 aliphatic rings. The SMILES string of the molecule is CCCC(Oc1c(-c2ccc(S(C)(=O)=O)cc2)cnn(-c2cccc(Cl)c2)c1=O)C(C)C. The summed E-state index contributed by atoms with van der Waals surface area (Å²) in [5, 5.41) is 4.83. The summed E-state index contributed by atoms with van der Waals surface area (Å²) in [4.78, 5) is 13.7. The zero-order valence-electron chi connectivity index (χ0n) is 18.6. The molecule has 3 rings (SSSR count). The van der Waals surface area contributed by atoms with E-state index < -0.39 is 15.4 Å². The lowest BCUT2D eigenvalue weighted by Gasteiger charge is -2.23. The molecule has 0 saturated heterocycles. The van der Waals surface area contributed by atoms with Crippen LogP contribution in [0.4, 0.5) is 0 Å². The van der Waals surface area contributed by atoms with Gasteiger partial charge < -0.3 is 4.74 Å². The van der Waals surface area contributed by atoms with Crippen LogP contribution in [0.15, 0.2) is 64.4 Å². The van der Waals surface area contributed by atoms with Gasteiger partial charge in [0.25, 0.3) is 0 Å². The fourth-order valence-corrected chi connectivity index (χ4v) is 4.21. The number of ether oxygens (including phenoxy) is 1. The molecule has 1 heterocycles. The third kappa shape index (κ3) is 5.40. The molecular weight excluding hydrogens is 448 g/mol. The third-order valence-corrected chi connectivity index (χ3v) is 6.53. The van der Waals surface area contributed by atoms with Crippen molar-refractivity contribution in [3.63, 3.8) is 0 Å². The van der Waals surface area contributed by atoms with Crippen LogP contribution in [-0.4, -0.2) is 30.6 Å². The smallest absolute Gasteiger partial charge is 0.314 e. The first-order chi connectivity index (χ1) is 15.1. The molecule has 0 aliphatic heterocycles. The summed E-state index contributed by atoms with van der Waals surface area (Å²) in [5.74, 6) is 0.377. The Bertz CT molecular complexity index is 1250. The summed E-state index contributed by atoms with van der Waals surface area (Å²) in [6, 6.07) is 13.2. The first-order valence-corrected chi connectivity index (χ1v) is 12.7. The lowest BCUT2D eigenvalue weighted by molar-refractivity contribution is 0.139. The normalized spacial score (nSPS) is 12.7. The maximum atomic E-state index is 13.5. The van der Waals surface area contributed by atoms with E-state index in [2.05, 4.69) is 25.9 Å². The fraction of sp³-hybridized carbons (Fsp3) is 0.333. The van der Waals surface area contributed by atoms with Gasteiger partial charge in [0.15, 0.2) is 15.6 Å².